The van der Waals surface area contributed by atoms with Crippen LogP contribution in [0.5, 0.6) is 0 Å². The van der Waals surface area contributed by atoms with Gasteiger partial charge in [0.1, 0.15) is 11.9 Å². The van der Waals surface area contributed by atoms with Crippen molar-refractivity contribution in [1.29, 1.82) is 10.5 Å². The van der Waals surface area contributed by atoms with E-state index in [1.807, 2.05) is 13.2 Å². The zero-order valence-corrected chi connectivity index (χ0v) is 7.97. The van der Waals surface area contributed by atoms with Crippen molar-refractivity contribution >= 4 is 0 Å². The standard InChI is InChI=1S/C6H10N2O.C2HN3/c1-5(9)6-7-3-4-8(6)2;3-1-5-2-4/h3-5,9H,1-2H3;5H. The molecule has 0 aliphatic rings. The van der Waals surface area contributed by atoms with Crippen LogP contribution in [0.2, 0.25) is 0 Å². The van der Waals surface area contributed by atoms with E-state index < -0.39 is 6.10 Å². The first-order valence-electron chi connectivity index (χ1n) is 3.82. The van der Waals surface area contributed by atoms with Crippen LogP contribution in [-0.2, 0) is 7.05 Å². The van der Waals surface area contributed by atoms with E-state index >= 15 is 0 Å². The average Bonchev–Trinajstić information content (AvgIpc) is 2.54. The first-order chi connectivity index (χ1) is 6.63. The van der Waals surface area contributed by atoms with Gasteiger partial charge >= 0.3 is 0 Å². The van der Waals surface area contributed by atoms with Crippen molar-refractivity contribution in [3.63, 3.8) is 0 Å². The number of nitrogens with one attached hydrogen (secondary N) is 1. The van der Waals surface area contributed by atoms with Crippen LogP contribution in [0.4, 0.5) is 0 Å². The lowest BCUT2D eigenvalue weighted by molar-refractivity contribution is 0.185. The number of hydrogen-bond donors (Lipinski definition) is 2. The molecule has 1 heterocycles. The lowest BCUT2D eigenvalue weighted by atomic mass is 10.4. The minimum absolute atomic E-state index is 0.468. The third-order valence-electron chi connectivity index (χ3n) is 1.34. The quantitative estimate of drug-likeness (QED) is 0.483. The predicted molar refractivity (Wildman–Crippen MR) is 48.2 cm³/mol. The SMILES string of the molecule is CC(O)c1nccn1C.N#CNC#N. The third-order valence-corrected chi connectivity index (χ3v) is 1.34. The number of aryl methyl sites for hydroxylation is 1. The number of aromatic nitrogens is 2. The molecule has 0 amide bonds. The Labute approximate surface area is 82.0 Å². The minimum Gasteiger partial charge on any atom is -0.385 e. The molecule has 0 spiro atoms. The molecule has 1 unspecified atom stereocenters. The van der Waals surface area contributed by atoms with Gasteiger partial charge in [-0.1, -0.05) is 0 Å². The van der Waals surface area contributed by atoms with Crippen molar-refractivity contribution in [2.45, 2.75) is 13.0 Å². The molecule has 0 aliphatic heterocycles. The summed E-state index contributed by atoms with van der Waals surface area (Å²) in [6.45, 7) is 1.70. The van der Waals surface area contributed by atoms with Gasteiger partial charge in [0.05, 0.1) is 0 Å². The van der Waals surface area contributed by atoms with E-state index in [-0.39, 0.29) is 0 Å². The number of hydrogen-bond acceptors (Lipinski definition) is 5. The maximum absolute atomic E-state index is 9.01. The second-order valence-corrected chi connectivity index (χ2v) is 2.42. The Morgan fingerprint density at radius 1 is 1.57 bits per heavy atom. The molecule has 74 valence electrons. The zero-order valence-electron chi connectivity index (χ0n) is 7.97. The van der Waals surface area contributed by atoms with E-state index in [0.717, 1.165) is 0 Å². The summed E-state index contributed by atoms with van der Waals surface area (Å²) in [6.07, 6.45) is 5.82. The van der Waals surface area contributed by atoms with Crippen molar-refractivity contribution in [1.82, 2.24) is 14.9 Å². The van der Waals surface area contributed by atoms with Crippen LogP contribution in [0.1, 0.15) is 18.9 Å². The summed E-state index contributed by atoms with van der Waals surface area (Å²) in [5.74, 6) is 0.704. The van der Waals surface area contributed by atoms with Gasteiger partial charge in [0.2, 0.25) is 0 Å². The molecule has 2 N–H and O–H groups in total. The summed E-state index contributed by atoms with van der Waals surface area (Å²) < 4.78 is 1.80. The number of nitrogens with zero attached hydrogens (tertiary/aromatic N) is 4. The fraction of sp³-hybridized carbons (Fsp3) is 0.375. The molecular formula is C8H11N5O. The lowest BCUT2D eigenvalue weighted by Crippen LogP contribution is -2.00. The van der Waals surface area contributed by atoms with Crippen molar-refractivity contribution in [2.24, 2.45) is 7.05 Å². The molecule has 1 rings (SSSR count). The van der Waals surface area contributed by atoms with Crippen molar-refractivity contribution in [2.75, 3.05) is 0 Å². The van der Waals surface area contributed by atoms with E-state index in [1.165, 1.54) is 12.4 Å². The molecule has 6 nitrogen and oxygen atoms in total. The van der Waals surface area contributed by atoms with Crippen LogP contribution in [0.15, 0.2) is 12.4 Å². The molecule has 0 fully saturated rings. The second kappa shape index (κ2) is 6.46. The van der Waals surface area contributed by atoms with E-state index in [4.69, 9.17) is 15.6 Å². The van der Waals surface area contributed by atoms with Gasteiger partial charge < -0.3 is 9.67 Å². The lowest BCUT2D eigenvalue weighted by Gasteiger charge is -2.01. The highest BCUT2D eigenvalue weighted by Gasteiger charge is 2.03. The van der Waals surface area contributed by atoms with Gasteiger partial charge in [-0.2, -0.15) is 10.5 Å². The van der Waals surface area contributed by atoms with Gasteiger partial charge in [-0.25, -0.2) is 10.3 Å². The molecular weight excluding hydrogens is 182 g/mol. The van der Waals surface area contributed by atoms with E-state index in [9.17, 15) is 0 Å². The first-order valence-corrected chi connectivity index (χ1v) is 3.82. The van der Waals surface area contributed by atoms with Crippen LogP contribution in [0, 0.1) is 22.9 Å². The first kappa shape index (κ1) is 11.9. The summed E-state index contributed by atoms with van der Waals surface area (Å²) in [4.78, 5) is 3.93. The molecule has 6 heteroatoms. The Kier molecular flexibility index (Phi) is 5.52. The Morgan fingerprint density at radius 2 is 2.14 bits per heavy atom. The Balaban J connectivity index is 0.000000292. The molecule has 0 aromatic carbocycles. The topological polar surface area (TPSA) is 97.7 Å². The maximum Gasteiger partial charge on any atom is 0.190 e. The maximum atomic E-state index is 9.01. The molecule has 0 aliphatic carbocycles. The molecule has 1 aromatic heterocycles. The molecule has 0 saturated carbocycles. The summed E-state index contributed by atoms with van der Waals surface area (Å²) in [6, 6.07) is 0. The van der Waals surface area contributed by atoms with Gasteiger partial charge in [0, 0.05) is 19.4 Å². The van der Waals surface area contributed by atoms with Gasteiger partial charge in [0.25, 0.3) is 0 Å². The Morgan fingerprint density at radius 3 is 2.29 bits per heavy atom. The number of nitriles is 2. The van der Waals surface area contributed by atoms with Gasteiger partial charge in [-0.15, -0.1) is 0 Å². The largest absolute Gasteiger partial charge is 0.385 e. The monoisotopic (exact) mass is 193 g/mol. The van der Waals surface area contributed by atoms with Gasteiger partial charge in [0.15, 0.2) is 12.4 Å². The number of imidazole rings is 1. The van der Waals surface area contributed by atoms with Crippen LogP contribution in [0.3, 0.4) is 0 Å². The summed E-state index contributed by atoms with van der Waals surface area (Å²) >= 11 is 0. The fourth-order valence-corrected chi connectivity index (χ4v) is 0.805. The molecule has 0 radical (unpaired) electrons. The van der Waals surface area contributed by atoms with Crippen LogP contribution in [-0.4, -0.2) is 14.7 Å². The van der Waals surface area contributed by atoms with Crippen LogP contribution >= 0.6 is 0 Å². The average molecular weight is 193 g/mol. The minimum atomic E-state index is -0.468. The zero-order chi connectivity index (χ0) is 11.0. The van der Waals surface area contributed by atoms with Gasteiger partial charge in [-0.05, 0) is 6.92 Å². The van der Waals surface area contributed by atoms with Crippen molar-refractivity contribution in [3.8, 4) is 12.4 Å². The molecule has 14 heavy (non-hydrogen) atoms. The highest BCUT2D eigenvalue weighted by atomic mass is 16.3. The van der Waals surface area contributed by atoms with Crippen LogP contribution in [0.25, 0.3) is 0 Å². The molecule has 0 saturated heterocycles. The van der Waals surface area contributed by atoms with Crippen molar-refractivity contribution < 1.29 is 5.11 Å². The van der Waals surface area contributed by atoms with Gasteiger partial charge in [-0.3, -0.25) is 0 Å². The number of rotatable bonds is 1. The normalized spacial score (nSPS) is 10.1. The third kappa shape index (κ3) is 4.10. The van der Waals surface area contributed by atoms with Crippen LogP contribution < -0.4 is 5.32 Å². The smallest absolute Gasteiger partial charge is 0.190 e. The predicted octanol–water partition coefficient (Wildman–Crippen LogP) is 0.0116. The molecule has 1 atom stereocenters. The fourth-order valence-electron chi connectivity index (χ4n) is 0.805. The highest BCUT2D eigenvalue weighted by molar-refractivity contribution is 4.93. The van der Waals surface area contributed by atoms with E-state index in [2.05, 4.69) is 4.98 Å². The highest BCUT2D eigenvalue weighted by Crippen LogP contribution is 2.05. The Bertz CT molecular complexity index is 331. The molecule has 1 aromatic rings. The summed E-state index contributed by atoms with van der Waals surface area (Å²) in [5.41, 5.74) is 0. The number of aliphatic hydroxyl groups excluding tert-OH is 1. The van der Waals surface area contributed by atoms with Crippen molar-refractivity contribution in [3.05, 3.63) is 18.2 Å². The van der Waals surface area contributed by atoms with E-state index in [0.29, 0.717) is 5.82 Å². The molecule has 0 bridgehead atoms. The number of aliphatic hydroxyl groups is 1. The summed E-state index contributed by atoms with van der Waals surface area (Å²) in [5, 5.41) is 25.7. The Hall–Kier alpha value is -2.05. The summed E-state index contributed by atoms with van der Waals surface area (Å²) in [7, 11) is 1.86. The second-order valence-electron chi connectivity index (χ2n) is 2.42. The van der Waals surface area contributed by atoms with E-state index in [1.54, 1.807) is 23.0 Å².